The van der Waals surface area contributed by atoms with Gasteiger partial charge in [-0.25, -0.2) is 0 Å². The van der Waals surface area contributed by atoms with Crippen molar-refractivity contribution in [1.29, 1.82) is 0 Å². The third-order valence-electron chi connectivity index (χ3n) is 4.17. The Kier molecular flexibility index (Phi) is 5.03. The number of carbonyl (C=O) groups excluding carboxylic acids is 1. The fourth-order valence-electron chi connectivity index (χ4n) is 2.87. The molecule has 1 aromatic rings. The van der Waals surface area contributed by atoms with Crippen molar-refractivity contribution in [3.8, 4) is 5.75 Å². The van der Waals surface area contributed by atoms with Gasteiger partial charge in [0.2, 0.25) is 0 Å². The average molecular weight is 325 g/mol. The Balaban J connectivity index is 2.12. The molecule has 0 amide bonds. The Morgan fingerprint density at radius 3 is 2.89 bits per heavy atom. The van der Waals surface area contributed by atoms with Crippen LogP contribution in [-0.4, -0.2) is 12.9 Å². The number of rotatable bonds is 4. The minimum Gasteiger partial charge on any atom is -0.497 e. The topological polar surface area (TPSA) is 26.3 Å². The third-order valence-corrected chi connectivity index (χ3v) is 4.94. The highest BCUT2D eigenvalue weighted by atomic mass is 79.9. The Bertz CT molecular complexity index is 456. The normalized spacial score (nSPS) is 23.4. The van der Waals surface area contributed by atoms with Gasteiger partial charge in [0.25, 0.3) is 0 Å². The third kappa shape index (κ3) is 3.59. The van der Waals surface area contributed by atoms with Crippen molar-refractivity contribution in [2.75, 3.05) is 7.11 Å². The van der Waals surface area contributed by atoms with Gasteiger partial charge in [-0.1, -0.05) is 29.3 Å². The Morgan fingerprint density at radius 2 is 2.21 bits per heavy atom. The van der Waals surface area contributed by atoms with E-state index in [0.717, 1.165) is 35.9 Å². The summed E-state index contributed by atoms with van der Waals surface area (Å²) in [5, 5.41) is 0. The zero-order valence-electron chi connectivity index (χ0n) is 11.6. The SMILES string of the molecule is CCC1CCC(=O)C(Cc2cc(OC)ccc2Br)C1. The second-order valence-corrected chi connectivity index (χ2v) is 6.23. The summed E-state index contributed by atoms with van der Waals surface area (Å²) < 4.78 is 6.33. The van der Waals surface area contributed by atoms with E-state index in [0.29, 0.717) is 11.7 Å². The predicted molar refractivity (Wildman–Crippen MR) is 80.5 cm³/mol. The van der Waals surface area contributed by atoms with Crippen LogP contribution in [0.25, 0.3) is 0 Å². The molecule has 0 N–H and O–H groups in total. The number of hydrogen-bond acceptors (Lipinski definition) is 2. The van der Waals surface area contributed by atoms with Crippen LogP contribution in [0.15, 0.2) is 22.7 Å². The second-order valence-electron chi connectivity index (χ2n) is 5.37. The van der Waals surface area contributed by atoms with Crippen LogP contribution in [0.2, 0.25) is 0 Å². The largest absolute Gasteiger partial charge is 0.497 e. The van der Waals surface area contributed by atoms with Crippen LogP contribution in [0.4, 0.5) is 0 Å². The lowest BCUT2D eigenvalue weighted by Crippen LogP contribution is -2.26. The molecule has 2 rings (SSSR count). The van der Waals surface area contributed by atoms with Gasteiger partial charge in [0.15, 0.2) is 0 Å². The molecule has 0 radical (unpaired) electrons. The van der Waals surface area contributed by atoms with Crippen molar-refractivity contribution in [2.24, 2.45) is 11.8 Å². The van der Waals surface area contributed by atoms with Crippen molar-refractivity contribution < 1.29 is 9.53 Å². The van der Waals surface area contributed by atoms with Gasteiger partial charge in [0, 0.05) is 16.8 Å². The molecule has 19 heavy (non-hydrogen) atoms. The highest BCUT2D eigenvalue weighted by Crippen LogP contribution is 2.33. The zero-order chi connectivity index (χ0) is 13.8. The van der Waals surface area contributed by atoms with Gasteiger partial charge in [-0.3, -0.25) is 4.79 Å². The van der Waals surface area contributed by atoms with Gasteiger partial charge in [0.1, 0.15) is 11.5 Å². The zero-order valence-corrected chi connectivity index (χ0v) is 13.2. The lowest BCUT2D eigenvalue weighted by molar-refractivity contribution is -0.125. The van der Waals surface area contributed by atoms with Crippen molar-refractivity contribution in [2.45, 2.75) is 39.0 Å². The van der Waals surface area contributed by atoms with Crippen molar-refractivity contribution in [1.82, 2.24) is 0 Å². The Labute approximate surface area is 123 Å². The van der Waals surface area contributed by atoms with Crippen LogP contribution in [0.5, 0.6) is 5.75 Å². The van der Waals surface area contributed by atoms with Crippen LogP contribution in [0.3, 0.4) is 0 Å². The van der Waals surface area contributed by atoms with E-state index in [4.69, 9.17) is 4.74 Å². The highest BCUT2D eigenvalue weighted by molar-refractivity contribution is 9.10. The summed E-state index contributed by atoms with van der Waals surface area (Å²) in [6.45, 7) is 2.22. The second kappa shape index (κ2) is 6.56. The van der Waals surface area contributed by atoms with E-state index in [-0.39, 0.29) is 5.92 Å². The molecule has 104 valence electrons. The van der Waals surface area contributed by atoms with E-state index < -0.39 is 0 Å². The van der Waals surface area contributed by atoms with Gasteiger partial charge in [-0.05, 0) is 48.9 Å². The molecule has 1 saturated carbocycles. The fraction of sp³-hybridized carbons (Fsp3) is 0.562. The molecule has 1 aliphatic rings. The van der Waals surface area contributed by atoms with E-state index in [1.807, 2.05) is 18.2 Å². The standard InChI is InChI=1S/C16H21BrO2/c1-3-11-4-7-16(18)13(8-11)9-12-10-14(19-2)5-6-15(12)17/h5-6,10-11,13H,3-4,7-9H2,1-2H3. The van der Waals surface area contributed by atoms with Crippen LogP contribution >= 0.6 is 15.9 Å². The minimum absolute atomic E-state index is 0.183. The molecule has 1 aromatic carbocycles. The fourth-order valence-corrected chi connectivity index (χ4v) is 3.28. The van der Waals surface area contributed by atoms with Crippen LogP contribution in [0.1, 0.15) is 38.2 Å². The maximum Gasteiger partial charge on any atom is 0.136 e. The van der Waals surface area contributed by atoms with Crippen LogP contribution in [-0.2, 0) is 11.2 Å². The van der Waals surface area contributed by atoms with Gasteiger partial charge in [-0.15, -0.1) is 0 Å². The maximum atomic E-state index is 12.1. The first kappa shape index (κ1) is 14.6. The minimum atomic E-state index is 0.183. The maximum absolute atomic E-state index is 12.1. The van der Waals surface area contributed by atoms with E-state index in [1.54, 1.807) is 7.11 Å². The summed E-state index contributed by atoms with van der Waals surface area (Å²) in [5.41, 5.74) is 1.18. The number of halogens is 1. The first-order chi connectivity index (χ1) is 9.13. The van der Waals surface area contributed by atoms with E-state index in [1.165, 1.54) is 12.0 Å². The average Bonchev–Trinajstić information content (AvgIpc) is 2.43. The molecule has 0 aliphatic heterocycles. The first-order valence-electron chi connectivity index (χ1n) is 6.99. The molecule has 0 spiro atoms. The van der Waals surface area contributed by atoms with E-state index in [9.17, 15) is 4.79 Å². The number of carbonyl (C=O) groups is 1. The van der Waals surface area contributed by atoms with Crippen LogP contribution in [0, 0.1) is 11.8 Å². The number of hydrogen-bond donors (Lipinski definition) is 0. The number of Topliss-reactive ketones (excluding diaryl/α,β-unsaturated/α-hetero) is 1. The molecule has 3 heteroatoms. The quantitative estimate of drug-likeness (QED) is 0.820. The molecule has 2 nitrogen and oxygen atoms in total. The van der Waals surface area contributed by atoms with Gasteiger partial charge < -0.3 is 4.74 Å². The summed E-state index contributed by atoms with van der Waals surface area (Å²) in [6.07, 6.45) is 4.88. The smallest absolute Gasteiger partial charge is 0.136 e. The number of benzene rings is 1. The molecule has 0 saturated heterocycles. The van der Waals surface area contributed by atoms with E-state index >= 15 is 0 Å². The van der Waals surface area contributed by atoms with Crippen molar-refractivity contribution >= 4 is 21.7 Å². The summed E-state index contributed by atoms with van der Waals surface area (Å²) >= 11 is 3.57. The van der Waals surface area contributed by atoms with Gasteiger partial charge in [0.05, 0.1) is 7.11 Å². The summed E-state index contributed by atoms with van der Waals surface area (Å²) in [4.78, 5) is 12.1. The molecular weight excluding hydrogens is 304 g/mol. The molecule has 0 bridgehead atoms. The van der Waals surface area contributed by atoms with Crippen molar-refractivity contribution in [3.63, 3.8) is 0 Å². The summed E-state index contributed by atoms with van der Waals surface area (Å²) in [5.74, 6) is 2.18. The number of ether oxygens (including phenoxy) is 1. The molecule has 2 unspecified atom stereocenters. The highest BCUT2D eigenvalue weighted by Gasteiger charge is 2.28. The Hall–Kier alpha value is -0.830. The molecule has 1 aliphatic carbocycles. The first-order valence-corrected chi connectivity index (χ1v) is 7.78. The molecular formula is C16H21BrO2. The van der Waals surface area contributed by atoms with Crippen LogP contribution < -0.4 is 4.74 Å². The monoisotopic (exact) mass is 324 g/mol. The van der Waals surface area contributed by atoms with E-state index in [2.05, 4.69) is 22.9 Å². The summed E-state index contributed by atoms with van der Waals surface area (Å²) in [7, 11) is 1.67. The molecule has 0 aromatic heterocycles. The lowest BCUT2D eigenvalue weighted by Gasteiger charge is -2.27. The Morgan fingerprint density at radius 1 is 1.42 bits per heavy atom. The molecule has 1 fully saturated rings. The van der Waals surface area contributed by atoms with Crippen molar-refractivity contribution in [3.05, 3.63) is 28.2 Å². The van der Waals surface area contributed by atoms with Gasteiger partial charge >= 0.3 is 0 Å². The lowest BCUT2D eigenvalue weighted by atomic mass is 9.77. The number of methoxy groups -OCH3 is 1. The molecule has 2 atom stereocenters. The molecule has 0 heterocycles. The number of ketones is 1. The van der Waals surface area contributed by atoms with Gasteiger partial charge in [-0.2, -0.15) is 0 Å². The predicted octanol–water partition coefficient (Wildman–Crippen LogP) is 4.40. The summed E-state index contributed by atoms with van der Waals surface area (Å²) in [6, 6.07) is 5.97.